The number of hydrogen-bond donors (Lipinski definition) is 1. The first-order valence-electron chi connectivity index (χ1n) is 11.3. The Morgan fingerprint density at radius 1 is 0.968 bits per heavy atom. The van der Waals surface area contributed by atoms with Gasteiger partial charge in [0.1, 0.15) is 11.6 Å². The summed E-state index contributed by atoms with van der Waals surface area (Å²) in [5.41, 5.74) is 5.11. The van der Waals surface area contributed by atoms with E-state index in [0.717, 1.165) is 49.8 Å². The van der Waals surface area contributed by atoms with E-state index in [0.29, 0.717) is 5.92 Å². The summed E-state index contributed by atoms with van der Waals surface area (Å²) in [6, 6.07) is 22.0. The minimum absolute atomic E-state index is 0.659. The molecule has 0 saturated carbocycles. The van der Waals surface area contributed by atoms with Crippen molar-refractivity contribution < 1.29 is 4.74 Å². The zero-order valence-corrected chi connectivity index (χ0v) is 17.7. The fourth-order valence-electron chi connectivity index (χ4n) is 5.05. The van der Waals surface area contributed by atoms with Gasteiger partial charge in [0.25, 0.3) is 0 Å². The minimum Gasteiger partial charge on any atom is -0.493 e. The molecule has 0 aliphatic carbocycles. The summed E-state index contributed by atoms with van der Waals surface area (Å²) in [6.45, 7) is 3.98. The van der Waals surface area contributed by atoms with E-state index in [2.05, 4.69) is 75.5 Å². The highest BCUT2D eigenvalue weighted by Crippen LogP contribution is 2.32. The predicted molar refractivity (Wildman–Crippen MR) is 124 cm³/mol. The quantitative estimate of drug-likeness (QED) is 0.481. The van der Waals surface area contributed by atoms with Gasteiger partial charge in [-0.2, -0.15) is 0 Å². The first-order valence-corrected chi connectivity index (χ1v) is 11.3. The normalized spacial score (nSPS) is 17.0. The summed E-state index contributed by atoms with van der Waals surface area (Å²) >= 11 is 0. The second kappa shape index (κ2) is 7.86. The molecule has 2 aliphatic heterocycles. The van der Waals surface area contributed by atoms with Crippen LogP contribution in [0.1, 0.15) is 35.6 Å². The number of piperidine rings is 1. The molecule has 6 rings (SSSR count). The Hall–Kier alpha value is -3.11. The van der Waals surface area contributed by atoms with Crippen molar-refractivity contribution in [3.8, 4) is 17.1 Å². The lowest BCUT2D eigenvalue weighted by molar-refractivity contribution is 0.203. The van der Waals surface area contributed by atoms with Crippen molar-refractivity contribution in [1.29, 1.82) is 0 Å². The highest BCUT2D eigenvalue weighted by Gasteiger charge is 2.21. The van der Waals surface area contributed by atoms with E-state index in [1.165, 1.54) is 40.4 Å². The molecule has 4 heteroatoms. The number of rotatable bonds is 4. The van der Waals surface area contributed by atoms with E-state index in [-0.39, 0.29) is 0 Å². The van der Waals surface area contributed by atoms with Crippen LogP contribution in [-0.4, -0.2) is 34.6 Å². The number of hydrogen-bond acceptors (Lipinski definition) is 3. The number of fused-ring (bicyclic) bond motifs is 2. The maximum atomic E-state index is 5.62. The van der Waals surface area contributed by atoms with Gasteiger partial charge in [-0.05, 0) is 71.9 Å². The summed E-state index contributed by atoms with van der Waals surface area (Å²) in [6.07, 6.45) is 5.41. The smallest absolute Gasteiger partial charge is 0.137 e. The number of nitrogens with one attached hydrogen (secondary N) is 1. The Morgan fingerprint density at radius 3 is 2.74 bits per heavy atom. The van der Waals surface area contributed by atoms with Gasteiger partial charge in [-0.25, -0.2) is 4.98 Å². The zero-order valence-electron chi connectivity index (χ0n) is 17.7. The van der Waals surface area contributed by atoms with E-state index < -0.39 is 0 Å². The van der Waals surface area contributed by atoms with E-state index in [9.17, 15) is 0 Å². The van der Waals surface area contributed by atoms with Crippen molar-refractivity contribution in [1.82, 2.24) is 14.9 Å². The molecule has 1 saturated heterocycles. The van der Waals surface area contributed by atoms with Gasteiger partial charge in [0.15, 0.2) is 0 Å². The van der Waals surface area contributed by atoms with Crippen molar-refractivity contribution in [2.75, 3.05) is 19.7 Å². The molecular formula is C27H27N3O. The van der Waals surface area contributed by atoms with Crippen molar-refractivity contribution in [2.45, 2.75) is 31.7 Å². The van der Waals surface area contributed by atoms with Crippen molar-refractivity contribution >= 4 is 10.8 Å². The fourth-order valence-corrected chi connectivity index (χ4v) is 5.05. The lowest BCUT2D eigenvalue weighted by Gasteiger charge is -2.32. The van der Waals surface area contributed by atoms with Crippen molar-refractivity contribution in [3.63, 3.8) is 0 Å². The van der Waals surface area contributed by atoms with Gasteiger partial charge in [0, 0.05) is 30.4 Å². The number of likely N-dealkylation sites (tertiary alicyclic amines) is 1. The number of H-pyrrole nitrogens is 1. The first-order chi connectivity index (χ1) is 15.3. The molecule has 0 bridgehead atoms. The number of aromatic amines is 1. The first kappa shape index (κ1) is 18.6. The highest BCUT2D eigenvalue weighted by molar-refractivity contribution is 5.83. The third-order valence-electron chi connectivity index (χ3n) is 6.82. The second-order valence-electron chi connectivity index (χ2n) is 8.84. The summed E-state index contributed by atoms with van der Waals surface area (Å²) in [7, 11) is 0. The third kappa shape index (κ3) is 3.72. The zero-order chi connectivity index (χ0) is 20.6. The Kier molecular flexibility index (Phi) is 4.73. The van der Waals surface area contributed by atoms with Crippen LogP contribution in [0.4, 0.5) is 0 Å². The highest BCUT2D eigenvalue weighted by atomic mass is 16.5. The average molecular weight is 410 g/mol. The molecule has 4 aromatic rings. The van der Waals surface area contributed by atoms with Gasteiger partial charge in [0.2, 0.25) is 0 Å². The van der Waals surface area contributed by atoms with Crippen LogP contribution in [0.5, 0.6) is 5.75 Å². The van der Waals surface area contributed by atoms with Gasteiger partial charge in [0.05, 0.1) is 6.61 Å². The van der Waals surface area contributed by atoms with Crippen molar-refractivity contribution in [3.05, 3.63) is 83.7 Å². The number of imidazole rings is 1. The molecule has 3 aromatic carbocycles. The maximum absolute atomic E-state index is 5.62. The predicted octanol–water partition coefficient (Wildman–Crippen LogP) is 5.54. The number of benzene rings is 3. The summed E-state index contributed by atoms with van der Waals surface area (Å²) in [4.78, 5) is 10.7. The van der Waals surface area contributed by atoms with E-state index in [1.54, 1.807) is 0 Å². The standard InChI is InChI=1S/C27H27N3O/c1-2-4-21-15-22(6-5-19(21)3-1)20-9-12-30(13-10-20)18-25-17-28-27(29-25)24-7-8-26-23(16-24)11-14-31-26/h1-8,15-17,20H,9-14,18H2,(H,28,29). The Morgan fingerprint density at radius 2 is 1.84 bits per heavy atom. The SMILES string of the molecule is c1ccc2cc(C3CCN(Cc4cnc(-c5ccc6c(c5)CCO6)[nH]4)CC3)ccc2c1. The Bertz CT molecular complexity index is 1220. The Labute approximate surface area is 182 Å². The van der Waals surface area contributed by atoms with Crippen LogP contribution < -0.4 is 4.74 Å². The van der Waals surface area contributed by atoms with Gasteiger partial charge < -0.3 is 9.72 Å². The molecule has 1 fully saturated rings. The molecule has 156 valence electrons. The third-order valence-corrected chi connectivity index (χ3v) is 6.82. The fraction of sp³-hybridized carbons (Fsp3) is 0.296. The molecule has 0 atom stereocenters. The largest absolute Gasteiger partial charge is 0.493 e. The molecule has 0 unspecified atom stereocenters. The van der Waals surface area contributed by atoms with E-state index >= 15 is 0 Å². The minimum atomic E-state index is 0.659. The molecular weight excluding hydrogens is 382 g/mol. The lowest BCUT2D eigenvalue weighted by atomic mass is 9.88. The number of nitrogens with zero attached hydrogens (tertiary/aromatic N) is 2. The summed E-state index contributed by atoms with van der Waals surface area (Å²) in [5, 5.41) is 2.68. The molecule has 0 amide bonds. The molecule has 4 nitrogen and oxygen atoms in total. The molecule has 1 N–H and O–H groups in total. The van der Waals surface area contributed by atoms with Crippen LogP contribution in [0.15, 0.2) is 66.9 Å². The van der Waals surface area contributed by atoms with Crippen LogP contribution in [-0.2, 0) is 13.0 Å². The van der Waals surface area contributed by atoms with Crippen LogP contribution in [0.25, 0.3) is 22.2 Å². The van der Waals surface area contributed by atoms with Crippen LogP contribution in [0.3, 0.4) is 0 Å². The van der Waals surface area contributed by atoms with E-state index in [4.69, 9.17) is 4.74 Å². The molecule has 0 spiro atoms. The topological polar surface area (TPSA) is 41.2 Å². The number of aromatic nitrogens is 2. The summed E-state index contributed by atoms with van der Waals surface area (Å²) in [5.74, 6) is 2.63. The summed E-state index contributed by atoms with van der Waals surface area (Å²) < 4.78 is 5.62. The van der Waals surface area contributed by atoms with Gasteiger partial charge in [-0.3, -0.25) is 4.90 Å². The molecule has 2 aliphatic rings. The average Bonchev–Trinajstić information content (AvgIpc) is 3.48. The molecule has 31 heavy (non-hydrogen) atoms. The van der Waals surface area contributed by atoms with Crippen LogP contribution in [0.2, 0.25) is 0 Å². The Balaban J connectivity index is 1.10. The van der Waals surface area contributed by atoms with Crippen LogP contribution in [0, 0.1) is 0 Å². The van der Waals surface area contributed by atoms with Crippen molar-refractivity contribution in [2.24, 2.45) is 0 Å². The number of ether oxygens (including phenoxy) is 1. The molecule has 3 heterocycles. The van der Waals surface area contributed by atoms with Crippen LogP contribution >= 0.6 is 0 Å². The molecule has 0 radical (unpaired) electrons. The maximum Gasteiger partial charge on any atom is 0.137 e. The lowest BCUT2D eigenvalue weighted by Crippen LogP contribution is -2.32. The monoisotopic (exact) mass is 409 g/mol. The molecule has 1 aromatic heterocycles. The van der Waals surface area contributed by atoms with Gasteiger partial charge >= 0.3 is 0 Å². The van der Waals surface area contributed by atoms with E-state index in [1.807, 2.05) is 6.20 Å². The second-order valence-corrected chi connectivity index (χ2v) is 8.84. The van der Waals surface area contributed by atoms with Gasteiger partial charge in [-0.15, -0.1) is 0 Å². The van der Waals surface area contributed by atoms with Gasteiger partial charge in [-0.1, -0.05) is 42.5 Å².